The van der Waals surface area contributed by atoms with E-state index in [1.54, 1.807) is 17.5 Å². The van der Waals surface area contributed by atoms with Crippen LogP contribution < -0.4 is 0 Å². The molecule has 0 amide bonds. The molecule has 1 aliphatic heterocycles. The predicted octanol–water partition coefficient (Wildman–Crippen LogP) is 1.19. The third kappa shape index (κ3) is 3.50. The second kappa shape index (κ2) is 5.46. The molecule has 0 spiro atoms. The maximum Gasteiger partial charge on any atom is 0.154 e. The zero-order valence-electron chi connectivity index (χ0n) is 10.0. The molecule has 1 fully saturated rings. The van der Waals surface area contributed by atoms with Gasteiger partial charge in [-0.1, -0.05) is 0 Å². The fourth-order valence-electron chi connectivity index (χ4n) is 2.17. The molecule has 1 aliphatic rings. The van der Waals surface area contributed by atoms with E-state index in [2.05, 4.69) is 9.88 Å². The van der Waals surface area contributed by atoms with E-state index in [9.17, 15) is 8.42 Å². The highest BCUT2D eigenvalue weighted by molar-refractivity contribution is 7.92. The monoisotopic (exact) mass is 274 g/mol. The van der Waals surface area contributed by atoms with Crippen molar-refractivity contribution in [1.82, 2.24) is 9.88 Å². The van der Waals surface area contributed by atoms with Gasteiger partial charge in [-0.2, -0.15) is 0 Å². The summed E-state index contributed by atoms with van der Waals surface area (Å²) in [6.45, 7) is 1.53. The van der Waals surface area contributed by atoms with Crippen molar-refractivity contribution in [2.24, 2.45) is 0 Å². The van der Waals surface area contributed by atoms with Crippen molar-refractivity contribution in [2.45, 2.75) is 24.5 Å². The van der Waals surface area contributed by atoms with Gasteiger partial charge in [0, 0.05) is 31.1 Å². The van der Waals surface area contributed by atoms with Crippen LogP contribution in [0.3, 0.4) is 0 Å². The van der Waals surface area contributed by atoms with Gasteiger partial charge in [-0.15, -0.1) is 11.3 Å². The number of rotatable bonds is 5. The van der Waals surface area contributed by atoms with E-state index in [1.165, 1.54) is 0 Å². The fourth-order valence-corrected chi connectivity index (χ4v) is 4.68. The van der Waals surface area contributed by atoms with Crippen molar-refractivity contribution >= 4 is 21.2 Å². The molecular weight excluding hydrogens is 256 g/mol. The minimum atomic E-state index is -2.81. The van der Waals surface area contributed by atoms with Crippen LogP contribution in [0.2, 0.25) is 0 Å². The van der Waals surface area contributed by atoms with Gasteiger partial charge >= 0.3 is 0 Å². The lowest BCUT2D eigenvalue weighted by Gasteiger charge is -2.19. The molecule has 0 aromatic carbocycles. The summed E-state index contributed by atoms with van der Waals surface area (Å²) in [6.07, 6.45) is 4.36. The van der Waals surface area contributed by atoms with Crippen molar-refractivity contribution in [3.8, 4) is 0 Å². The van der Waals surface area contributed by atoms with Crippen molar-refractivity contribution < 1.29 is 8.42 Å². The summed E-state index contributed by atoms with van der Waals surface area (Å²) in [6, 6.07) is 0. The molecule has 6 heteroatoms. The fraction of sp³-hybridized carbons (Fsp3) is 0.727. The third-order valence-corrected chi connectivity index (χ3v) is 6.27. The van der Waals surface area contributed by atoms with Crippen LogP contribution >= 0.6 is 11.3 Å². The zero-order valence-corrected chi connectivity index (χ0v) is 11.6. The molecule has 4 nitrogen and oxygen atoms in total. The molecule has 0 N–H and O–H groups in total. The van der Waals surface area contributed by atoms with Gasteiger partial charge in [0.25, 0.3) is 0 Å². The molecule has 1 aromatic rings. The van der Waals surface area contributed by atoms with E-state index in [4.69, 9.17) is 0 Å². The molecule has 0 bridgehead atoms. The van der Waals surface area contributed by atoms with Crippen molar-refractivity contribution in [2.75, 3.05) is 25.9 Å². The average Bonchev–Trinajstić information content (AvgIpc) is 2.86. The molecule has 17 heavy (non-hydrogen) atoms. The summed E-state index contributed by atoms with van der Waals surface area (Å²) in [5, 5.41) is 2.94. The maximum absolute atomic E-state index is 11.7. The topological polar surface area (TPSA) is 50.3 Å². The molecule has 2 rings (SSSR count). The van der Waals surface area contributed by atoms with E-state index >= 15 is 0 Å². The van der Waals surface area contributed by atoms with Gasteiger partial charge in [-0.3, -0.25) is 0 Å². The van der Waals surface area contributed by atoms with Crippen LogP contribution in [0.15, 0.2) is 11.6 Å². The lowest BCUT2D eigenvalue weighted by atomic mass is 10.2. The Bertz CT molecular complexity index is 442. The normalized spacial score (nSPS) is 23.3. The summed E-state index contributed by atoms with van der Waals surface area (Å²) in [7, 11) is -0.821. The van der Waals surface area contributed by atoms with Crippen LogP contribution in [0.25, 0.3) is 0 Å². The second-order valence-electron chi connectivity index (χ2n) is 4.57. The van der Waals surface area contributed by atoms with E-state index in [1.807, 2.05) is 12.4 Å². The van der Waals surface area contributed by atoms with E-state index in [0.717, 1.165) is 30.8 Å². The molecule has 1 atom stereocenters. The van der Waals surface area contributed by atoms with Gasteiger partial charge < -0.3 is 4.90 Å². The summed E-state index contributed by atoms with van der Waals surface area (Å²) in [4.78, 5) is 6.33. The number of aromatic nitrogens is 1. The van der Waals surface area contributed by atoms with Crippen molar-refractivity contribution in [3.05, 3.63) is 16.6 Å². The standard InChI is InChI=1S/C11H18N2O2S2/c1-13(6-4-11-12-5-7-16-11)9-10-3-2-8-17(10,14)15/h5,7,10H,2-4,6,8-9H2,1H3. The highest BCUT2D eigenvalue weighted by atomic mass is 32.2. The third-order valence-electron chi connectivity index (χ3n) is 3.17. The van der Waals surface area contributed by atoms with Crippen LogP contribution in [-0.4, -0.2) is 49.4 Å². The van der Waals surface area contributed by atoms with Crippen molar-refractivity contribution in [3.63, 3.8) is 0 Å². The number of hydrogen-bond donors (Lipinski definition) is 0. The van der Waals surface area contributed by atoms with Crippen LogP contribution in [-0.2, 0) is 16.3 Å². The predicted molar refractivity (Wildman–Crippen MR) is 70.1 cm³/mol. The quantitative estimate of drug-likeness (QED) is 0.809. The molecule has 1 aromatic heterocycles. The Morgan fingerprint density at radius 2 is 2.41 bits per heavy atom. The number of likely N-dealkylation sites (N-methyl/N-ethyl adjacent to an activating group) is 1. The minimum Gasteiger partial charge on any atom is -0.305 e. The first-order valence-electron chi connectivity index (χ1n) is 5.86. The molecule has 0 aliphatic carbocycles. The first-order chi connectivity index (χ1) is 8.08. The number of hydrogen-bond acceptors (Lipinski definition) is 5. The van der Waals surface area contributed by atoms with E-state index < -0.39 is 9.84 Å². The molecule has 2 heterocycles. The second-order valence-corrected chi connectivity index (χ2v) is 7.95. The largest absolute Gasteiger partial charge is 0.305 e. The molecule has 96 valence electrons. The first-order valence-corrected chi connectivity index (χ1v) is 8.46. The van der Waals surface area contributed by atoms with Gasteiger partial charge in [-0.25, -0.2) is 13.4 Å². The lowest BCUT2D eigenvalue weighted by molar-refractivity contribution is 0.333. The van der Waals surface area contributed by atoms with E-state index in [0.29, 0.717) is 12.3 Å². The van der Waals surface area contributed by atoms with Crippen LogP contribution in [0, 0.1) is 0 Å². The molecule has 0 radical (unpaired) electrons. The number of thiazole rings is 1. The number of sulfone groups is 1. The van der Waals surface area contributed by atoms with Crippen LogP contribution in [0.5, 0.6) is 0 Å². The number of nitrogens with zero attached hydrogens (tertiary/aromatic N) is 2. The average molecular weight is 274 g/mol. The Kier molecular flexibility index (Phi) is 4.17. The summed E-state index contributed by atoms with van der Waals surface area (Å²) in [5.41, 5.74) is 0. The Hall–Kier alpha value is -0.460. The van der Waals surface area contributed by atoms with Gasteiger partial charge in [-0.05, 0) is 19.9 Å². The molecular formula is C11H18N2O2S2. The molecule has 1 unspecified atom stereocenters. The van der Waals surface area contributed by atoms with Gasteiger partial charge in [0.1, 0.15) is 0 Å². The summed E-state index contributed by atoms with van der Waals surface area (Å²) < 4.78 is 23.4. The Balaban J connectivity index is 1.79. The Morgan fingerprint density at radius 3 is 3.00 bits per heavy atom. The SMILES string of the molecule is CN(CCc1nccs1)CC1CCCS1(=O)=O. The Morgan fingerprint density at radius 1 is 1.59 bits per heavy atom. The molecule has 1 saturated heterocycles. The van der Waals surface area contributed by atoms with Gasteiger partial charge in [0.05, 0.1) is 16.0 Å². The van der Waals surface area contributed by atoms with Crippen LogP contribution in [0.1, 0.15) is 17.8 Å². The van der Waals surface area contributed by atoms with E-state index in [-0.39, 0.29) is 5.25 Å². The Labute approximate surface area is 107 Å². The van der Waals surface area contributed by atoms with Crippen LogP contribution in [0.4, 0.5) is 0 Å². The highest BCUT2D eigenvalue weighted by Gasteiger charge is 2.31. The molecule has 0 saturated carbocycles. The lowest BCUT2D eigenvalue weighted by Crippen LogP contribution is -2.33. The summed E-state index contributed by atoms with van der Waals surface area (Å²) >= 11 is 1.65. The minimum absolute atomic E-state index is 0.149. The summed E-state index contributed by atoms with van der Waals surface area (Å²) in [5.74, 6) is 0.373. The van der Waals surface area contributed by atoms with Gasteiger partial charge in [0.15, 0.2) is 9.84 Å². The smallest absolute Gasteiger partial charge is 0.154 e. The maximum atomic E-state index is 11.7. The first kappa shape index (κ1) is 13.0. The van der Waals surface area contributed by atoms with Gasteiger partial charge in [0.2, 0.25) is 0 Å². The van der Waals surface area contributed by atoms with Crippen molar-refractivity contribution in [1.29, 1.82) is 0 Å². The highest BCUT2D eigenvalue weighted by Crippen LogP contribution is 2.20. The zero-order chi connectivity index (χ0) is 12.3.